The van der Waals surface area contributed by atoms with E-state index >= 15 is 0 Å². The summed E-state index contributed by atoms with van der Waals surface area (Å²) in [6.45, 7) is 8.14. The average molecular weight is 391 g/mol. The molecule has 0 unspecified atom stereocenters. The Morgan fingerprint density at radius 3 is 2.12 bits per heavy atom. The largest absolute Gasteiger partial charge is 0.451 e. The summed E-state index contributed by atoms with van der Waals surface area (Å²) in [4.78, 5) is 23.9. The number of carbonyl (C=O) groups excluding carboxylic acids is 2. The number of sulfonamides is 1. The molecule has 0 aromatic heterocycles. The third kappa shape index (κ3) is 7.01. The number of benzene rings is 1. The van der Waals surface area contributed by atoms with Gasteiger partial charge in [-0.2, -0.15) is 4.72 Å². The van der Waals surface area contributed by atoms with Crippen LogP contribution in [0, 0.1) is 0 Å². The van der Waals surface area contributed by atoms with Gasteiger partial charge >= 0.3 is 5.97 Å². The lowest BCUT2D eigenvalue weighted by molar-refractivity contribution is -0.156. The van der Waals surface area contributed by atoms with E-state index in [2.05, 4.69) is 10.0 Å². The van der Waals surface area contributed by atoms with Gasteiger partial charge in [0.25, 0.3) is 5.91 Å². The van der Waals surface area contributed by atoms with Crippen LogP contribution in [-0.4, -0.2) is 38.0 Å². The molecule has 0 aliphatic carbocycles. The molecule has 1 aromatic carbocycles. The van der Waals surface area contributed by atoms with Gasteiger partial charge < -0.3 is 10.1 Å². The Bertz CT molecular complexity index is 726. The highest BCUT2D eigenvalue weighted by molar-refractivity contribution is 7.89. The summed E-state index contributed by atoms with van der Waals surface area (Å²) in [5, 5.41) is 3.07. The van der Waals surface area contributed by atoms with E-state index in [1.54, 1.807) is 20.8 Å². The number of halogens is 1. The molecule has 0 saturated carbocycles. The molecule has 0 spiro atoms. The zero-order valence-corrected chi connectivity index (χ0v) is 16.4. The quantitative estimate of drug-likeness (QED) is 0.722. The molecular formula is C16H23ClN2O5S. The first-order valence-electron chi connectivity index (χ1n) is 7.62. The van der Waals surface area contributed by atoms with Crippen LogP contribution in [0.3, 0.4) is 0 Å². The van der Waals surface area contributed by atoms with Crippen LogP contribution in [0.2, 0.25) is 5.02 Å². The highest BCUT2D eigenvalue weighted by atomic mass is 35.5. The van der Waals surface area contributed by atoms with Crippen LogP contribution in [0.1, 0.15) is 34.6 Å². The number of rotatable bonds is 6. The molecule has 140 valence electrons. The van der Waals surface area contributed by atoms with E-state index in [4.69, 9.17) is 16.3 Å². The number of amides is 1. The Kier molecular flexibility index (Phi) is 6.99. The van der Waals surface area contributed by atoms with Gasteiger partial charge in [-0.15, -0.1) is 0 Å². The molecule has 1 rings (SSSR count). The van der Waals surface area contributed by atoms with Crippen molar-refractivity contribution in [2.45, 2.75) is 57.2 Å². The van der Waals surface area contributed by atoms with E-state index in [1.807, 2.05) is 0 Å². The van der Waals surface area contributed by atoms with E-state index in [9.17, 15) is 18.0 Å². The number of hydrogen-bond acceptors (Lipinski definition) is 5. The van der Waals surface area contributed by atoms with Gasteiger partial charge in [0.15, 0.2) is 6.10 Å². The Morgan fingerprint density at radius 1 is 1.12 bits per heavy atom. The van der Waals surface area contributed by atoms with Crippen molar-refractivity contribution >= 4 is 33.5 Å². The lowest BCUT2D eigenvalue weighted by Crippen LogP contribution is -2.48. The molecule has 2 N–H and O–H groups in total. The summed E-state index contributed by atoms with van der Waals surface area (Å²) in [7, 11) is -3.92. The molecule has 0 bridgehead atoms. The minimum Gasteiger partial charge on any atom is -0.451 e. The molecule has 9 heteroatoms. The van der Waals surface area contributed by atoms with Gasteiger partial charge in [-0.05, 0) is 58.9 Å². The smallest absolute Gasteiger partial charge is 0.324 e. The molecule has 1 aromatic rings. The van der Waals surface area contributed by atoms with Crippen LogP contribution in [-0.2, 0) is 24.3 Å². The van der Waals surface area contributed by atoms with Crippen LogP contribution >= 0.6 is 11.6 Å². The maximum Gasteiger partial charge on any atom is 0.324 e. The maximum absolute atomic E-state index is 12.2. The van der Waals surface area contributed by atoms with E-state index in [1.165, 1.54) is 38.1 Å². The van der Waals surface area contributed by atoms with E-state index in [-0.39, 0.29) is 4.90 Å². The Balaban J connectivity index is 2.70. The van der Waals surface area contributed by atoms with Crippen molar-refractivity contribution in [2.75, 3.05) is 0 Å². The lowest BCUT2D eigenvalue weighted by Gasteiger charge is -2.24. The first-order chi connectivity index (χ1) is 11.3. The fourth-order valence-electron chi connectivity index (χ4n) is 1.76. The number of carbonyl (C=O) groups is 2. The second-order valence-electron chi connectivity index (χ2n) is 6.62. The third-order valence-corrected chi connectivity index (χ3v) is 4.78. The zero-order valence-electron chi connectivity index (χ0n) is 14.8. The van der Waals surface area contributed by atoms with Crippen LogP contribution in [0.4, 0.5) is 0 Å². The third-order valence-electron chi connectivity index (χ3n) is 2.97. The normalized spacial score (nSPS) is 14.5. The second-order valence-corrected chi connectivity index (χ2v) is 8.77. The summed E-state index contributed by atoms with van der Waals surface area (Å²) in [5.74, 6) is -1.32. The van der Waals surface area contributed by atoms with Crippen molar-refractivity contribution in [2.24, 2.45) is 0 Å². The standard InChI is InChI=1S/C16H23ClN2O5S/c1-10(15(21)24-11(2)14(20)18-16(3,4)5)19-25(22,23)13-8-6-12(17)7-9-13/h6-11,19H,1-5H3,(H,18,20)/t10-,11-/m1/s1. The Labute approximate surface area is 153 Å². The van der Waals surface area contributed by atoms with Gasteiger partial charge in [0.05, 0.1) is 4.90 Å². The monoisotopic (exact) mass is 390 g/mol. The van der Waals surface area contributed by atoms with Crippen molar-refractivity contribution in [3.8, 4) is 0 Å². The molecule has 25 heavy (non-hydrogen) atoms. The van der Waals surface area contributed by atoms with Gasteiger partial charge in [0.2, 0.25) is 10.0 Å². The zero-order chi connectivity index (χ0) is 19.4. The van der Waals surface area contributed by atoms with Crippen LogP contribution in [0.25, 0.3) is 0 Å². The van der Waals surface area contributed by atoms with Gasteiger partial charge in [-0.1, -0.05) is 11.6 Å². The SMILES string of the molecule is C[C@@H](NS(=O)(=O)c1ccc(Cl)cc1)C(=O)O[C@H](C)C(=O)NC(C)(C)C. The summed E-state index contributed by atoms with van der Waals surface area (Å²) >= 11 is 5.72. The van der Waals surface area contributed by atoms with Crippen molar-refractivity contribution in [1.29, 1.82) is 0 Å². The minimum atomic E-state index is -3.92. The number of hydrogen-bond donors (Lipinski definition) is 2. The second kappa shape index (κ2) is 8.16. The Morgan fingerprint density at radius 2 is 1.64 bits per heavy atom. The molecule has 0 fully saturated rings. The molecule has 2 atom stereocenters. The summed E-state index contributed by atoms with van der Waals surface area (Å²) in [6, 6.07) is 4.34. The fourth-order valence-corrected chi connectivity index (χ4v) is 3.08. The molecule has 0 radical (unpaired) electrons. The van der Waals surface area contributed by atoms with Gasteiger partial charge in [0.1, 0.15) is 6.04 Å². The molecule has 7 nitrogen and oxygen atoms in total. The first-order valence-corrected chi connectivity index (χ1v) is 9.48. The Hall–Kier alpha value is -1.64. The van der Waals surface area contributed by atoms with E-state index in [0.29, 0.717) is 5.02 Å². The molecule has 1 amide bonds. The average Bonchev–Trinajstić information content (AvgIpc) is 2.45. The van der Waals surface area contributed by atoms with Crippen LogP contribution in [0.5, 0.6) is 0 Å². The highest BCUT2D eigenvalue weighted by Gasteiger charge is 2.27. The number of nitrogens with one attached hydrogen (secondary N) is 2. The minimum absolute atomic E-state index is 0.0323. The lowest BCUT2D eigenvalue weighted by atomic mass is 10.1. The van der Waals surface area contributed by atoms with Gasteiger partial charge in [-0.3, -0.25) is 9.59 Å². The topological polar surface area (TPSA) is 102 Å². The first kappa shape index (κ1) is 21.4. The van der Waals surface area contributed by atoms with E-state index in [0.717, 1.165) is 0 Å². The molecule has 0 aliphatic heterocycles. The van der Waals surface area contributed by atoms with E-state index < -0.39 is 39.6 Å². The molecule has 0 aliphatic rings. The maximum atomic E-state index is 12.2. The van der Waals surface area contributed by atoms with Crippen molar-refractivity contribution in [3.63, 3.8) is 0 Å². The summed E-state index contributed by atoms with van der Waals surface area (Å²) in [5.41, 5.74) is -0.473. The highest BCUT2D eigenvalue weighted by Crippen LogP contribution is 2.14. The summed E-state index contributed by atoms with van der Waals surface area (Å²) < 4.78 is 31.7. The van der Waals surface area contributed by atoms with Gasteiger partial charge in [-0.25, -0.2) is 8.42 Å². The van der Waals surface area contributed by atoms with Gasteiger partial charge in [0, 0.05) is 10.6 Å². The van der Waals surface area contributed by atoms with Crippen molar-refractivity contribution in [1.82, 2.24) is 10.0 Å². The van der Waals surface area contributed by atoms with Crippen LogP contribution < -0.4 is 10.0 Å². The number of ether oxygens (including phenoxy) is 1. The fraction of sp³-hybridized carbons (Fsp3) is 0.500. The number of esters is 1. The molecule has 0 saturated heterocycles. The summed E-state index contributed by atoms with van der Waals surface area (Å²) in [6.07, 6.45) is -1.05. The predicted molar refractivity (Wildman–Crippen MR) is 94.7 cm³/mol. The molecule has 0 heterocycles. The van der Waals surface area contributed by atoms with Crippen molar-refractivity contribution in [3.05, 3.63) is 29.3 Å². The van der Waals surface area contributed by atoms with Crippen LogP contribution in [0.15, 0.2) is 29.2 Å². The molecular weight excluding hydrogens is 368 g/mol. The van der Waals surface area contributed by atoms with Crippen molar-refractivity contribution < 1.29 is 22.7 Å². The predicted octanol–water partition coefficient (Wildman–Crippen LogP) is 1.85.